The fraction of sp³-hybridized carbons (Fsp3) is 0.667. The van der Waals surface area contributed by atoms with E-state index in [1.54, 1.807) is 11.1 Å². The van der Waals surface area contributed by atoms with Crippen LogP contribution < -0.4 is 0 Å². The molecule has 2 aliphatic carbocycles. The zero-order valence-electron chi connectivity index (χ0n) is 18.4. The lowest BCUT2D eigenvalue weighted by molar-refractivity contribution is 0.330. The van der Waals surface area contributed by atoms with Crippen molar-refractivity contribution in [3.8, 4) is 0 Å². The van der Waals surface area contributed by atoms with E-state index < -0.39 is 0 Å². The molecule has 29 heavy (non-hydrogen) atoms. The molecule has 2 fully saturated rings. The molecule has 4 rings (SSSR count). The Kier molecular flexibility index (Phi) is 7.60. The summed E-state index contributed by atoms with van der Waals surface area (Å²) in [5, 5.41) is 0. The van der Waals surface area contributed by atoms with E-state index in [1.165, 1.54) is 121 Å². The third kappa shape index (κ3) is 5.40. The minimum Gasteiger partial charge on any atom is -0.303 e. The summed E-state index contributed by atoms with van der Waals surface area (Å²) in [5.74, 6) is 0.835. The lowest BCUT2D eigenvalue weighted by Crippen LogP contribution is -2.20. The van der Waals surface area contributed by atoms with Crippen molar-refractivity contribution in [2.24, 2.45) is 10.9 Å². The first-order valence-corrected chi connectivity index (χ1v) is 12.4. The molecule has 3 aliphatic rings. The van der Waals surface area contributed by atoms with E-state index in [9.17, 15) is 0 Å². The molecule has 1 aromatic carbocycles. The Balaban J connectivity index is 1.45. The van der Waals surface area contributed by atoms with Crippen LogP contribution in [0.5, 0.6) is 0 Å². The first-order valence-electron chi connectivity index (χ1n) is 12.4. The second kappa shape index (κ2) is 10.6. The SMILES string of the molecule is C=Nc1cc(CCCCN2CCCC2)ccc1C1=C(C2CCCCC2)CCCC1. The smallest absolute Gasteiger partial charge is 0.0700 e. The van der Waals surface area contributed by atoms with Crippen molar-refractivity contribution in [2.75, 3.05) is 19.6 Å². The van der Waals surface area contributed by atoms with Gasteiger partial charge in [-0.1, -0.05) is 37.0 Å². The molecule has 1 aliphatic heterocycles. The average molecular weight is 393 g/mol. The molecule has 0 amide bonds. The van der Waals surface area contributed by atoms with Gasteiger partial charge in [-0.3, -0.25) is 4.99 Å². The van der Waals surface area contributed by atoms with Crippen LogP contribution in [0.3, 0.4) is 0 Å². The lowest BCUT2D eigenvalue weighted by atomic mass is 9.75. The number of hydrogen-bond donors (Lipinski definition) is 0. The van der Waals surface area contributed by atoms with Crippen molar-refractivity contribution in [2.45, 2.75) is 89.9 Å². The Morgan fingerprint density at radius 1 is 0.897 bits per heavy atom. The molecule has 2 heteroatoms. The average Bonchev–Trinajstić information content (AvgIpc) is 3.31. The maximum atomic E-state index is 4.48. The Morgan fingerprint density at radius 2 is 1.69 bits per heavy atom. The van der Waals surface area contributed by atoms with Gasteiger partial charge >= 0.3 is 0 Å². The van der Waals surface area contributed by atoms with E-state index >= 15 is 0 Å². The number of aliphatic imine (C=N–C) groups is 1. The Hall–Kier alpha value is -1.41. The van der Waals surface area contributed by atoms with Crippen molar-refractivity contribution in [3.05, 3.63) is 34.9 Å². The predicted molar refractivity (Wildman–Crippen MR) is 126 cm³/mol. The van der Waals surface area contributed by atoms with E-state index in [2.05, 4.69) is 34.8 Å². The van der Waals surface area contributed by atoms with E-state index in [0.29, 0.717) is 0 Å². The van der Waals surface area contributed by atoms with Gasteiger partial charge in [0.15, 0.2) is 0 Å². The highest BCUT2D eigenvalue weighted by Crippen LogP contribution is 2.43. The number of likely N-dealkylation sites (tertiary alicyclic amines) is 1. The number of allylic oxidation sites excluding steroid dienone is 2. The van der Waals surface area contributed by atoms with Gasteiger partial charge in [-0.2, -0.15) is 0 Å². The van der Waals surface area contributed by atoms with Crippen LogP contribution in [-0.4, -0.2) is 31.3 Å². The predicted octanol–water partition coefficient (Wildman–Crippen LogP) is 7.35. The molecular weight excluding hydrogens is 352 g/mol. The normalized spacial score (nSPS) is 21.7. The van der Waals surface area contributed by atoms with Gasteiger partial charge in [0.25, 0.3) is 0 Å². The minimum atomic E-state index is 0.835. The fourth-order valence-electron chi connectivity index (χ4n) is 5.93. The van der Waals surface area contributed by atoms with Crippen molar-refractivity contribution < 1.29 is 0 Å². The van der Waals surface area contributed by atoms with Crippen molar-refractivity contribution in [3.63, 3.8) is 0 Å². The van der Waals surface area contributed by atoms with E-state index in [4.69, 9.17) is 0 Å². The molecule has 1 aromatic rings. The summed E-state index contributed by atoms with van der Waals surface area (Å²) in [6, 6.07) is 7.08. The molecule has 0 N–H and O–H groups in total. The van der Waals surface area contributed by atoms with Crippen LogP contribution in [0.2, 0.25) is 0 Å². The highest BCUT2D eigenvalue weighted by molar-refractivity contribution is 5.78. The van der Waals surface area contributed by atoms with Gasteiger partial charge in [-0.05, 0) is 120 Å². The second-order valence-electron chi connectivity index (χ2n) is 9.56. The van der Waals surface area contributed by atoms with Crippen LogP contribution in [0.15, 0.2) is 28.8 Å². The molecule has 1 heterocycles. The summed E-state index contributed by atoms with van der Waals surface area (Å²) < 4.78 is 0. The van der Waals surface area contributed by atoms with Crippen molar-refractivity contribution in [1.82, 2.24) is 4.90 Å². The van der Waals surface area contributed by atoms with Crippen LogP contribution in [-0.2, 0) is 6.42 Å². The molecule has 0 bridgehead atoms. The van der Waals surface area contributed by atoms with Crippen LogP contribution >= 0.6 is 0 Å². The van der Waals surface area contributed by atoms with Gasteiger partial charge in [-0.25, -0.2) is 0 Å². The van der Waals surface area contributed by atoms with Crippen LogP contribution in [0.25, 0.3) is 5.57 Å². The summed E-state index contributed by atoms with van der Waals surface area (Å²) in [6.45, 7) is 7.85. The molecule has 1 saturated heterocycles. The van der Waals surface area contributed by atoms with Crippen LogP contribution in [0.1, 0.15) is 94.6 Å². The quantitative estimate of drug-likeness (QED) is 0.333. The Labute approximate surface area is 178 Å². The van der Waals surface area contributed by atoms with Crippen LogP contribution in [0, 0.1) is 5.92 Å². The maximum absolute atomic E-state index is 4.48. The molecule has 1 saturated carbocycles. The van der Waals surface area contributed by atoms with Crippen molar-refractivity contribution in [1.29, 1.82) is 0 Å². The largest absolute Gasteiger partial charge is 0.303 e. The molecule has 0 unspecified atom stereocenters. The molecule has 0 spiro atoms. The topological polar surface area (TPSA) is 15.6 Å². The zero-order valence-corrected chi connectivity index (χ0v) is 18.4. The van der Waals surface area contributed by atoms with E-state index in [0.717, 1.165) is 11.6 Å². The standard InChI is InChI=1S/C27H40N2/c1-28-27-21-22(11-7-8-18-29-19-9-10-20-29)16-17-26(27)25-15-6-5-14-24(25)23-12-3-2-4-13-23/h16-17,21,23H,1-15,18-20H2. The monoisotopic (exact) mass is 392 g/mol. The maximum Gasteiger partial charge on any atom is 0.0700 e. The Morgan fingerprint density at radius 3 is 2.48 bits per heavy atom. The number of unbranched alkanes of at least 4 members (excludes halogenated alkanes) is 1. The molecule has 0 atom stereocenters. The number of aryl methyl sites for hydroxylation is 1. The number of benzene rings is 1. The van der Waals surface area contributed by atoms with Gasteiger partial charge in [0, 0.05) is 5.56 Å². The van der Waals surface area contributed by atoms with E-state index in [1.807, 2.05) is 0 Å². The summed E-state index contributed by atoms with van der Waals surface area (Å²) in [6.07, 6.45) is 18.9. The summed E-state index contributed by atoms with van der Waals surface area (Å²) in [7, 11) is 0. The number of nitrogens with zero attached hydrogens (tertiary/aromatic N) is 2. The molecule has 2 nitrogen and oxygen atoms in total. The third-order valence-corrected chi connectivity index (χ3v) is 7.55. The lowest BCUT2D eigenvalue weighted by Gasteiger charge is -2.31. The summed E-state index contributed by atoms with van der Waals surface area (Å²) in [4.78, 5) is 7.11. The number of hydrogen-bond acceptors (Lipinski definition) is 2. The minimum absolute atomic E-state index is 0.835. The van der Waals surface area contributed by atoms with Gasteiger partial charge in [0.05, 0.1) is 5.69 Å². The summed E-state index contributed by atoms with van der Waals surface area (Å²) >= 11 is 0. The van der Waals surface area contributed by atoms with Crippen molar-refractivity contribution >= 4 is 18.0 Å². The molecule has 158 valence electrons. The second-order valence-corrected chi connectivity index (χ2v) is 9.56. The van der Waals surface area contributed by atoms with Gasteiger partial charge in [0.1, 0.15) is 0 Å². The highest BCUT2D eigenvalue weighted by Gasteiger charge is 2.24. The molecule has 0 aromatic heterocycles. The zero-order chi connectivity index (χ0) is 19.9. The highest BCUT2D eigenvalue weighted by atomic mass is 15.1. The molecule has 0 radical (unpaired) electrons. The van der Waals surface area contributed by atoms with Crippen LogP contribution in [0.4, 0.5) is 5.69 Å². The third-order valence-electron chi connectivity index (χ3n) is 7.55. The summed E-state index contributed by atoms with van der Waals surface area (Å²) in [5.41, 5.74) is 7.37. The molecular formula is C27H40N2. The first kappa shape index (κ1) is 20.8. The Bertz CT molecular complexity index is 705. The fourth-order valence-corrected chi connectivity index (χ4v) is 5.93. The van der Waals surface area contributed by atoms with Gasteiger partial charge < -0.3 is 4.90 Å². The van der Waals surface area contributed by atoms with Gasteiger partial charge in [0.2, 0.25) is 0 Å². The number of rotatable bonds is 8. The van der Waals surface area contributed by atoms with Gasteiger partial charge in [-0.15, -0.1) is 0 Å². The van der Waals surface area contributed by atoms with E-state index in [-0.39, 0.29) is 0 Å². The first-order chi connectivity index (χ1) is 14.3.